The highest BCUT2D eigenvalue weighted by atomic mass is 32.2. The SMILES string of the molecule is CS(=O)(=O)NCCCNCc1ccc2cnccc2c1. The Balaban J connectivity index is 1.76. The fraction of sp³-hybridized carbons (Fsp3) is 0.357. The predicted octanol–water partition coefficient (Wildman–Crippen LogP) is 1.26. The van der Waals surface area contributed by atoms with Gasteiger partial charge in [-0.25, -0.2) is 13.1 Å². The maximum absolute atomic E-state index is 10.9. The number of nitrogens with zero attached hydrogens (tertiary/aromatic N) is 1. The summed E-state index contributed by atoms with van der Waals surface area (Å²) in [5.41, 5.74) is 1.21. The normalized spacial score (nSPS) is 11.8. The summed E-state index contributed by atoms with van der Waals surface area (Å²) in [6.07, 6.45) is 5.58. The lowest BCUT2D eigenvalue weighted by Gasteiger charge is -2.06. The molecule has 0 radical (unpaired) electrons. The zero-order valence-electron chi connectivity index (χ0n) is 11.5. The highest BCUT2D eigenvalue weighted by Gasteiger charge is 1.99. The van der Waals surface area contributed by atoms with Crippen LogP contribution in [-0.2, 0) is 16.6 Å². The summed E-state index contributed by atoms with van der Waals surface area (Å²) >= 11 is 0. The van der Waals surface area contributed by atoms with Crippen LogP contribution in [0.2, 0.25) is 0 Å². The van der Waals surface area contributed by atoms with E-state index in [0.717, 1.165) is 24.9 Å². The highest BCUT2D eigenvalue weighted by Crippen LogP contribution is 2.14. The number of rotatable bonds is 7. The monoisotopic (exact) mass is 293 g/mol. The molecule has 5 nitrogen and oxygen atoms in total. The Morgan fingerprint density at radius 3 is 2.80 bits per heavy atom. The van der Waals surface area contributed by atoms with Crippen molar-refractivity contribution < 1.29 is 8.42 Å². The van der Waals surface area contributed by atoms with Gasteiger partial charge in [-0.15, -0.1) is 0 Å². The Labute approximate surface area is 119 Å². The number of sulfonamides is 1. The molecule has 0 aliphatic heterocycles. The molecule has 0 atom stereocenters. The van der Waals surface area contributed by atoms with Crippen LogP contribution in [0, 0.1) is 0 Å². The second kappa shape index (κ2) is 6.78. The summed E-state index contributed by atoms with van der Waals surface area (Å²) in [5.74, 6) is 0. The minimum absolute atomic E-state index is 0.467. The molecule has 0 saturated heterocycles. The maximum Gasteiger partial charge on any atom is 0.208 e. The first kappa shape index (κ1) is 14.9. The van der Waals surface area contributed by atoms with Gasteiger partial charge in [0.1, 0.15) is 0 Å². The van der Waals surface area contributed by atoms with Gasteiger partial charge < -0.3 is 5.32 Å². The van der Waals surface area contributed by atoms with E-state index in [0.29, 0.717) is 6.54 Å². The average molecular weight is 293 g/mol. The lowest BCUT2D eigenvalue weighted by atomic mass is 10.1. The number of pyridine rings is 1. The summed E-state index contributed by atoms with van der Waals surface area (Å²) in [6.45, 7) is 2.02. The molecule has 0 unspecified atom stereocenters. The van der Waals surface area contributed by atoms with Gasteiger partial charge in [-0.2, -0.15) is 0 Å². The first-order valence-electron chi connectivity index (χ1n) is 6.53. The second-order valence-electron chi connectivity index (χ2n) is 4.75. The molecule has 2 N–H and O–H groups in total. The molecule has 0 spiro atoms. The molecule has 2 aromatic rings. The fourth-order valence-corrected chi connectivity index (χ4v) is 2.46. The number of benzene rings is 1. The van der Waals surface area contributed by atoms with E-state index in [9.17, 15) is 8.42 Å². The molecule has 20 heavy (non-hydrogen) atoms. The Bertz CT molecular complexity index is 671. The van der Waals surface area contributed by atoms with Crippen molar-refractivity contribution in [3.63, 3.8) is 0 Å². The number of nitrogens with one attached hydrogen (secondary N) is 2. The van der Waals surface area contributed by atoms with Crippen LogP contribution in [0.3, 0.4) is 0 Å². The third-order valence-electron chi connectivity index (χ3n) is 2.93. The van der Waals surface area contributed by atoms with E-state index in [2.05, 4.69) is 33.2 Å². The van der Waals surface area contributed by atoms with Crippen molar-refractivity contribution >= 4 is 20.8 Å². The molecule has 0 saturated carbocycles. The summed E-state index contributed by atoms with van der Waals surface area (Å²) in [7, 11) is -3.07. The first-order valence-corrected chi connectivity index (χ1v) is 8.42. The van der Waals surface area contributed by atoms with Crippen LogP contribution in [0.4, 0.5) is 0 Å². The van der Waals surface area contributed by atoms with Gasteiger partial charge in [0.15, 0.2) is 0 Å². The summed E-state index contributed by atoms with van der Waals surface area (Å²) in [5, 5.41) is 5.61. The van der Waals surface area contributed by atoms with Gasteiger partial charge in [-0.3, -0.25) is 4.98 Å². The summed E-state index contributed by atoms with van der Waals surface area (Å²) < 4.78 is 24.2. The molecular weight excluding hydrogens is 274 g/mol. The quantitative estimate of drug-likeness (QED) is 0.754. The molecule has 6 heteroatoms. The van der Waals surface area contributed by atoms with E-state index in [1.165, 1.54) is 17.2 Å². The predicted molar refractivity (Wildman–Crippen MR) is 80.9 cm³/mol. The lowest BCUT2D eigenvalue weighted by molar-refractivity contribution is 0.579. The summed E-state index contributed by atoms with van der Waals surface area (Å²) in [6, 6.07) is 8.27. The molecule has 0 aliphatic rings. The Hall–Kier alpha value is -1.50. The van der Waals surface area contributed by atoms with E-state index in [-0.39, 0.29) is 0 Å². The second-order valence-corrected chi connectivity index (χ2v) is 6.59. The molecule has 0 aliphatic carbocycles. The van der Waals surface area contributed by atoms with E-state index >= 15 is 0 Å². The van der Waals surface area contributed by atoms with Gasteiger partial charge >= 0.3 is 0 Å². The van der Waals surface area contributed by atoms with Crippen LogP contribution in [0.5, 0.6) is 0 Å². The van der Waals surface area contributed by atoms with Gasteiger partial charge in [0.25, 0.3) is 0 Å². The van der Waals surface area contributed by atoms with Gasteiger partial charge in [-0.05, 0) is 36.0 Å². The Morgan fingerprint density at radius 2 is 2.00 bits per heavy atom. The van der Waals surface area contributed by atoms with E-state index in [1.807, 2.05) is 12.3 Å². The standard InChI is InChI=1S/C14H19N3O2S/c1-20(18,19)17-7-2-6-15-10-12-3-4-14-11-16-8-5-13(14)9-12/h3-5,8-9,11,15,17H,2,6-7,10H2,1H3. The maximum atomic E-state index is 10.9. The van der Waals surface area contributed by atoms with Gasteiger partial charge in [0.05, 0.1) is 6.26 Å². The van der Waals surface area contributed by atoms with Crippen LogP contribution in [0.1, 0.15) is 12.0 Å². The largest absolute Gasteiger partial charge is 0.313 e. The van der Waals surface area contributed by atoms with E-state index in [1.54, 1.807) is 6.20 Å². The molecule has 2 rings (SSSR count). The minimum atomic E-state index is -3.07. The number of hydrogen-bond donors (Lipinski definition) is 2. The third-order valence-corrected chi connectivity index (χ3v) is 3.66. The Morgan fingerprint density at radius 1 is 1.15 bits per heavy atom. The number of fused-ring (bicyclic) bond motifs is 1. The Kier molecular flexibility index (Phi) is 5.05. The zero-order chi connectivity index (χ0) is 14.4. The number of hydrogen-bond acceptors (Lipinski definition) is 4. The van der Waals surface area contributed by atoms with E-state index < -0.39 is 10.0 Å². The van der Waals surface area contributed by atoms with Crippen LogP contribution < -0.4 is 10.0 Å². The summed E-state index contributed by atoms with van der Waals surface area (Å²) in [4.78, 5) is 4.09. The van der Waals surface area contributed by atoms with Crippen molar-refractivity contribution in [1.29, 1.82) is 0 Å². The molecule has 1 aromatic carbocycles. The molecule has 0 amide bonds. The average Bonchev–Trinajstić information content (AvgIpc) is 2.41. The minimum Gasteiger partial charge on any atom is -0.313 e. The van der Waals surface area contributed by atoms with Crippen LogP contribution >= 0.6 is 0 Å². The number of aromatic nitrogens is 1. The topological polar surface area (TPSA) is 71.1 Å². The smallest absolute Gasteiger partial charge is 0.208 e. The van der Waals surface area contributed by atoms with Crippen LogP contribution in [-0.4, -0.2) is 32.7 Å². The molecule has 0 bridgehead atoms. The van der Waals surface area contributed by atoms with Crippen molar-refractivity contribution in [2.75, 3.05) is 19.3 Å². The highest BCUT2D eigenvalue weighted by molar-refractivity contribution is 7.88. The van der Waals surface area contributed by atoms with Crippen molar-refractivity contribution in [1.82, 2.24) is 15.0 Å². The van der Waals surface area contributed by atoms with Crippen molar-refractivity contribution in [2.45, 2.75) is 13.0 Å². The zero-order valence-corrected chi connectivity index (χ0v) is 12.3. The van der Waals surface area contributed by atoms with Crippen molar-refractivity contribution in [3.8, 4) is 0 Å². The lowest BCUT2D eigenvalue weighted by Crippen LogP contribution is -2.26. The van der Waals surface area contributed by atoms with Gasteiger partial charge in [0, 0.05) is 30.9 Å². The van der Waals surface area contributed by atoms with E-state index in [4.69, 9.17) is 0 Å². The molecule has 108 valence electrons. The molecule has 1 heterocycles. The van der Waals surface area contributed by atoms with Gasteiger partial charge in [0.2, 0.25) is 10.0 Å². The fourth-order valence-electron chi connectivity index (χ4n) is 1.95. The molecular formula is C14H19N3O2S. The van der Waals surface area contributed by atoms with Crippen LogP contribution in [0.15, 0.2) is 36.7 Å². The van der Waals surface area contributed by atoms with Crippen molar-refractivity contribution in [2.24, 2.45) is 0 Å². The molecule has 1 aromatic heterocycles. The first-order chi connectivity index (χ1) is 9.54. The van der Waals surface area contributed by atoms with Crippen molar-refractivity contribution in [3.05, 3.63) is 42.2 Å². The van der Waals surface area contributed by atoms with Crippen LogP contribution in [0.25, 0.3) is 10.8 Å². The van der Waals surface area contributed by atoms with Gasteiger partial charge in [-0.1, -0.05) is 12.1 Å². The molecule has 0 fully saturated rings. The third kappa shape index (κ3) is 4.88.